The molecule has 33 heavy (non-hydrogen) atoms. The summed E-state index contributed by atoms with van der Waals surface area (Å²) in [6.45, 7) is 3.75. The first-order valence-corrected chi connectivity index (χ1v) is 11.2. The van der Waals surface area contributed by atoms with E-state index >= 15 is 0 Å². The first-order chi connectivity index (χ1) is 16.1. The highest BCUT2D eigenvalue weighted by Crippen LogP contribution is 2.27. The molecule has 0 spiro atoms. The van der Waals surface area contributed by atoms with Crippen molar-refractivity contribution in [3.63, 3.8) is 0 Å². The van der Waals surface area contributed by atoms with Crippen molar-refractivity contribution in [2.75, 3.05) is 26.7 Å². The van der Waals surface area contributed by atoms with Gasteiger partial charge in [0.15, 0.2) is 0 Å². The molecule has 3 heterocycles. The van der Waals surface area contributed by atoms with Gasteiger partial charge in [-0.25, -0.2) is 4.98 Å². The Kier molecular flexibility index (Phi) is 6.98. The zero-order chi connectivity index (χ0) is 23.2. The molecule has 2 aromatic heterocycles. The number of benzene rings is 1. The van der Waals surface area contributed by atoms with Crippen LogP contribution in [0, 0.1) is 0 Å². The molecule has 170 valence electrons. The lowest BCUT2D eigenvalue weighted by molar-refractivity contribution is -0.140. The second-order valence-electron chi connectivity index (χ2n) is 8.03. The molecule has 3 aromatic rings. The van der Waals surface area contributed by atoms with E-state index in [0.29, 0.717) is 37.5 Å². The zero-order valence-electron chi connectivity index (χ0n) is 19.0. The Morgan fingerprint density at radius 2 is 1.97 bits per heavy atom. The molecule has 0 N–H and O–H groups in total. The standard InChI is InChI=1S/C26H28N4O3/c1-3-13-29-14-15-30(25(31)20-10-12-28-24(17-20)33-2)23(26(29)32)16-19-7-4-5-9-22(19)21-8-6-11-27-18-21/h4-12,17-18,23H,3,13-16H2,1-2H3/t23-/m0/s1. The predicted octanol–water partition coefficient (Wildman–Crippen LogP) is 3.46. The number of nitrogens with zero attached hydrogens (tertiary/aromatic N) is 4. The van der Waals surface area contributed by atoms with Crippen LogP contribution in [0.25, 0.3) is 11.1 Å². The van der Waals surface area contributed by atoms with Crippen molar-refractivity contribution in [3.8, 4) is 17.0 Å². The van der Waals surface area contributed by atoms with Gasteiger partial charge in [0.05, 0.1) is 7.11 Å². The average Bonchev–Trinajstić information content (AvgIpc) is 2.87. The van der Waals surface area contributed by atoms with Crippen molar-refractivity contribution in [1.82, 2.24) is 19.8 Å². The Hall–Kier alpha value is -3.74. The minimum Gasteiger partial charge on any atom is -0.481 e. The molecule has 2 amide bonds. The van der Waals surface area contributed by atoms with Gasteiger partial charge < -0.3 is 14.5 Å². The Morgan fingerprint density at radius 1 is 1.12 bits per heavy atom. The largest absolute Gasteiger partial charge is 0.481 e. The van der Waals surface area contributed by atoms with E-state index in [0.717, 1.165) is 23.1 Å². The van der Waals surface area contributed by atoms with E-state index < -0.39 is 6.04 Å². The third kappa shape index (κ3) is 4.87. The van der Waals surface area contributed by atoms with Gasteiger partial charge >= 0.3 is 0 Å². The fraction of sp³-hybridized carbons (Fsp3) is 0.308. The van der Waals surface area contributed by atoms with E-state index in [9.17, 15) is 9.59 Å². The molecule has 1 saturated heterocycles. The summed E-state index contributed by atoms with van der Waals surface area (Å²) in [5, 5.41) is 0. The molecule has 1 aliphatic heterocycles. The van der Waals surface area contributed by atoms with Gasteiger partial charge in [-0.05, 0) is 29.7 Å². The number of carbonyl (C=O) groups is 2. The summed E-state index contributed by atoms with van der Waals surface area (Å²) < 4.78 is 5.19. The number of pyridine rings is 2. The van der Waals surface area contributed by atoms with Crippen molar-refractivity contribution in [1.29, 1.82) is 0 Å². The lowest BCUT2D eigenvalue weighted by Gasteiger charge is -2.41. The van der Waals surface area contributed by atoms with Gasteiger partial charge in [-0.1, -0.05) is 37.3 Å². The van der Waals surface area contributed by atoms with Crippen LogP contribution in [0.3, 0.4) is 0 Å². The molecule has 1 aromatic carbocycles. The molecule has 7 nitrogen and oxygen atoms in total. The Balaban J connectivity index is 1.69. The molecule has 4 rings (SSSR count). The van der Waals surface area contributed by atoms with Crippen LogP contribution in [-0.4, -0.2) is 64.4 Å². The number of ether oxygens (including phenoxy) is 1. The van der Waals surface area contributed by atoms with Gasteiger partial charge in [0, 0.05) is 61.8 Å². The first kappa shape index (κ1) is 22.5. The SMILES string of the molecule is CCCN1CCN(C(=O)c2ccnc(OC)c2)[C@@H](Cc2ccccc2-c2cccnc2)C1=O. The normalized spacial score (nSPS) is 16.1. The highest BCUT2D eigenvalue weighted by molar-refractivity contribution is 5.98. The Labute approximate surface area is 194 Å². The van der Waals surface area contributed by atoms with Gasteiger partial charge in [0.1, 0.15) is 6.04 Å². The second kappa shape index (κ2) is 10.3. The monoisotopic (exact) mass is 444 g/mol. The minimum atomic E-state index is -0.588. The summed E-state index contributed by atoms with van der Waals surface area (Å²) in [5.74, 6) is 0.165. The average molecular weight is 445 g/mol. The van der Waals surface area contributed by atoms with Crippen LogP contribution in [0.15, 0.2) is 67.1 Å². The first-order valence-electron chi connectivity index (χ1n) is 11.2. The lowest BCUT2D eigenvalue weighted by atomic mass is 9.93. The number of methoxy groups -OCH3 is 1. The summed E-state index contributed by atoms with van der Waals surface area (Å²) in [7, 11) is 1.52. The quantitative estimate of drug-likeness (QED) is 0.558. The fourth-order valence-electron chi connectivity index (χ4n) is 4.30. The summed E-state index contributed by atoms with van der Waals surface area (Å²) in [5.41, 5.74) is 3.47. The number of hydrogen-bond donors (Lipinski definition) is 0. The number of rotatable bonds is 7. The van der Waals surface area contributed by atoms with Gasteiger partial charge in [0.25, 0.3) is 5.91 Å². The van der Waals surface area contributed by atoms with Gasteiger partial charge in [-0.3, -0.25) is 14.6 Å². The predicted molar refractivity (Wildman–Crippen MR) is 126 cm³/mol. The van der Waals surface area contributed by atoms with Crippen LogP contribution in [0.2, 0.25) is 0 Å². The van der Waals surface area contributed by atoms with Crippen LogP contribution < -0.4 is 4.74 Å². The molecule has 1 atom stereocenters. The maximum atomic E-state index is 13.5. The maximum Gasteiger partial charge on any atom is 0.254 e. The molecule has 7 heteroatoms. The number of piperazine rings is 1. The van der Waals surface area contributed by atoms with Crippen LogP contribution in [0.4, 0.5) is 0 Å². The van der Waals surface area contributed by atoms with E-state index in [4.69, 9.17) is 4.74 Å². The van der Waals surface area contributed by atoms with Gasteiger partial charge in [0.2, 0.25) is 11.8 Å². The van der Waals surface area contributed by atoms with Gasteiger partial charge in [-0.2, -0.15) is 0 Å². The molecular formula is C26H28N4O3. The second-order valence-corrected chi connectivity index (χ2v) is 8.03. The number of amides is 2. The van der Waals surface area contributed by atoms with Crippen molar-refractivity contribution in [2.45, 2.75) is 25.8 Å². The summed E-state index contributed by atoms with van der Waals surface area (Å²) in [4.78, 5) is 38.9. The van der Waals surface area contributed by atoms with Crippen LogP contribution >= 0.6 is 0 Å². The molecular weight excluding hydrogens is 416 g/mol. The summed E-state index contributed by atoms with van der Waals surface area (Å²) in [6.07, 6.45) is 6.41. The van der Waals surface area contributed by atoms with E-state index in [1.165, 1.54) is 7.11 Å². The Morgan fingerprint density at radius 3 is 2.73 bits per heavy atom. The summed E-state index contributed by atoms with van der Waals surface area (Å²) in [6, 6.07) is 14.6. The number of carbonyl (C=O) groups excluding carboxylic acids is 2. The molecule has 1 fully saturated rings. The van der Waals surface area contributed by atoms with E-state index in [1.807, 2.05) is 47.5 Å². The van der Waals surface area contributed by atoms with Crippen LogP contribution in [0.1, 0.15) is 29.3 Å². The maximum absolute atomic E-state index is 13.5. The van der Waals surface area contributed by atoms with E-state index in [-0.39, 0.29) is 11.8 Å². The number of hydrogen-bond acceptors (Lipinski definition) is 5. The lowest BCUT2D eigenvalue weighted by Crippen LogP contribution is -2.59. The van der Waals surface area contributed by atoms with E-state index in [1.54, 1.807) is 29.4 Å². The van der Waals surface area contributed by atoms with Crippen LogP contribution in [0.5, 0.6) is 5.88 Å². The third-order valence-corrected chi connectivity index (χ3v) is 5.93. The topological polar surface area (TPSA) is 75.6 Å². The zero-order valence-corrected chi connectivity index (χ0v) is 19.0. The van der Waals surface area contributed by atoms with Crippen molar-refractivity contribution in [2.24, 2.45) is 0 Å². The molecule has 0 unspecified atom stereocenters. The highest BCUT2D eigenvalue weighted by atomic mass is 16.5. The highest BCUT2D eigenvalue weighted by Gasteiger charge is 2.38. The molecule has 0 saturated carbocycles. The minimum absolute atomic E-state index is 0.0153. The fourth-order valence-corrected chi connectivity index (χ4v) is 4.30. The van der Waals surface area contributed by atoms with Gasteiger partial charge in [-0.15, -0.1) is 0 Å². The summed E-state index contributed by atoms with van der Waals surface area (Å²) >= 11 is 0. The van der Waals surface area contributed by atoms with E-state index in [2.05, 4.69) is 16.9 Å². The molecule has 0 aliphatic carbocycles. The smallest absolute Gasteiger partial charge is 0.254 e. The van der Waals surface area contributed by atoms with Crippen molar-refractivity contribution >= 4 is 11.8 Å². The van der Waals surface area contributed by atoms with Crippen molar-refractivity contribution < 1.29 is 14.3 Å². The molecule has 1 aliphatic rings. The molecule has 0 bridgehead atoms. The Bertz CT molecular complexity index is 1120. The third-order valence-electron chi connectivity index (χ3n) is 5.93. The van der Waals surface area contributed by atoms with Crippen molar-refractivity contribution in [3.05, 3.63) is 78.2 Å². The van der Waals surface area contributed by atoms with Crippen LogP contribution in [-0.2, 0) is 11.2 Å². The molecule has 0 radical (unpaired) electrons. The number of aromatic nitrogens is 2.